The van der Waals surface area contributed by atoms with Crippen molar-refractivity contribution in [2.75, 3.05) is 0 Å². The van der Waals surface area contributed by atoms with E-state index in [1.54, 1.807) is 6.07 Å². The molecule has 4 rings (SSSR count). The van der Waals surface area contributed by atoms with E-state index in [1.165, 1.54) is 6.07 Å². The summed E-state index contributed by atoms with van der Waals surface area (Å²) in [6, 6.07) is 4.95. The predicted molar refractivity (Wildman–Crippen MR) is 84.4 cm³/mol. The van der Waals surface area contributed by atoms with Crippen LogP contribution in [0.1, 0.15) is 58.6 Å². The van der Waals surface area contributed by atoms with Gasteiger partial charge in [-0.05, 0) is 90.0 Å². The van der Waals surface area contributed by atoms with Crippen LogP contribution >= 0.6 is 0 Å². The number of aryl methyl sites for hydroxylation is 1. The highest BCUT2D eigenvalue weighted by atomic mass is 19.1. The molecule has 0 N–H and O–H groups in total. The average molecular weight is 316 g/mol. The molecule has 0 aromatic heterocycles. The van der Waals surface area contributed by atoms with Crippen molar-refractivity contribution in [3.63, 3.8) is 0 Å². The van der Waals surface area contributed by atoms with E-state index in [-0.39, 0.29) is 29.3 Å². The molecule has 3 heteroatoms. The number of rotatable bonds is 3. The number of fused-ring (bicyclic) bond motifs is 2. The fourth-order valence-corrected chi connectivity index (χ4v) is 4.07. The molecule has 23 heavy (non-hydrogen) atoms. The third-order valence-electron chi connectivity index (χ3n) is 5.51. The van der Waals surface area contributed by atoms with Gasteiger partial charge in [-0.25, -0.2) is 13.2 Å². The summed E-state index contributed by atoms with van der Waals surface area (Å²) >= 11 is 0. The molecular formula is C20H19F3. The van der Waals surface area contributed by atoms with Gasteiger partial charge in [-0.1, -0.05) is 13.0 Å². The van der Waals surface area contributed by atoms with E-state index in [1.807, 2.05) is 19.9 Å². The lowest BCUT2D eigenvalue weighted by molar-refractivity contribution is 0.461. The van der Waals surface area contributed by atoms with Gasteiger partial charge in [-0.15, -0.1) is 0 Å². The Morgan fingerprint density at radius 3 is 2.39 bits per heavy atom. The highest BCUT2D eigenvalue weighted by Crippen LogP contribution is 2.44. The lowest BCUT2D eigenvalue weighted by Crippen LogP contribution is -2.22. The largest absolute Gasteiger partial charge is 0.207 e. The zero-order chi connectivity index (χ0) is 16.3. The van der Waals surface area contributed by atoms with Gasteiger partial charge >= 0.3 is 0 Å². The Morgan fingerprint density at radius 2 is 1.70 bits per heavy atom. The van der Waals surface area contributed by atoms with Gasteiger partial charge < -0.3 is 0 Å². The lowest BCUT2D eigenvalue weighted by Gasteiger charge is -2.33. The van der Waals surface area contributed by atoms with E-state index >= 15 is 0 Å². The molecule has 2 aromatic carbocycles. The Bertz CT molecular complexity index is 807. The molecule has 0 saturated heterocycles. The fraction of sp³-hybridized carbons (Fsp3) is 0.400. The van der Waals surface area contributed by atoms with Crippen molar-refractivity contribution in [3.8, 4) is 0 Å². The minimum atomic E-state index is -0.273. The van der Waals surface area contributed by atoms with Crippen LogP contribution < -0.4 is 0 Å². The summed E-state index contributed by atoms with van der Waals surface area (Å²) in [6.45, 7) is 3.82. The molecule has 0 heterocycles. The van der Waals surface area contributed by atoms with Crippen LogP contribution in [-0.2, 0) is 19.3 Å². The van der Waals surface area contributed by atoms with Crippen LogP contribution in [0.25, 0.3) is 0 Å². The topological polar surface area (TPSA) is 0 Å². The van der Waals surface area contributed by atoms with E-state index in [2.05, 4.69) is 0 Å². The van der Waals surface area contributed by atoms with Crippen LogP contribution in [0.2, 0.25) is 0 Å². The van der Waals surface area contributed by atoms with Crippen LogP contribution in [0.3, 0.4) is 0 Å². The first-order chi connectivity index (χ1) is 11.0. The van der Waals surface area contributed by atoms with Gasteiger partial charge in [0.1, 0.15) is 17.5 Å². The predicted octanol–water partition coefficient (Wildman–Crippen LogP) is 5.34. The molecule has 2 aliphatic rings. The lowest BCUT2D eigenvalue weighted by atomic mass is 9.71. The van der Waals surface area contributed by atoms with E-state index < -0.39 is 0 Å². The summed E-state index contributed by atoms with van der Waals surface area (Å²) in [5.41, 5.74) is 4.32. The first-order valence-electron chi connectivity index (χ1n) is 8.24. The van der Waals surface area contributed by atoms with Crippen molar-refractivity contribution >= 4 is 0 Å². The zero-order valence-corrected chi connectivity index (χ0v) is 13.3. The molecule has 120 valence electrons. The maximum Gasteiger partial charge on any atom is 0.130 e. The third kappa shape index (κ3) is 2.20. The minimum absolute atomic E-state index is 0.0721. The number of halogens is 3. The smallest absolute Gasteiger partial charge is 0.130 e. The molecule has 1 unspecified atom stereocenters. The van der Waals surface area contributed by atoms with Crippen molar-refractivity contribution in [1.29, 1.82) is 0 Å². The molecule has 0 radical (unpaired) electrons. The standard InChI is InChI=1S/C20H19F3/c1-10-5-16-12(8-17(16)18(21)6-10)7-11(2)15-9-19(22)13-3-4-14(13)20(15)23/h5-6,9,11-12H,3-4,7-8H2,1-2H3/t11-,12?/m1/s1. The molecule has 0 saturated carbocycles. The van der Waals surface area contributed by atoms with Gasteiger partial charge in [0.2, 0.25) is 0 Å². The third-order valence-corrected chi connectivity index (χ3v) is 5.51. The molecule has 2 aromatic rings. The van der Waals surface area contributed by atoms with E-state index in [0.29, 0.717) is 36.0 Å². The van der Waals surface area contributed by atoms with Crippen molar-refractivity contribution in [3.05, 3.63) is 69.0 Å². The summed E-state index contributed by atoms with van der Waals surface area (Å²) < 4.78 is 42.3. The van der Waals surface area contributed by atoms with E-state index in [4.69, 9.17) is 0 Å². The first-order valence-corrected chi connectivity index (χ1v) is 8.24. The molecule has 0 nitrogen and oxygen atoms in total. The van der Waals surface area contributed by atoms with E-state index in [9.17, 15) is 13.2 Å². The average Bonchev–Trinajstić information content (AvgIpc) is 2.42. The maximum atomic E-state index is 14.5. The molecule has 0 bridgehead atoms. The molecule has 0 fully saturated rings. The number of hydrogen-bond acceptors (Lipinski definition) is 0. The Morgan fingerprint density at radius 1 is 1.00 bits per heavy atom. The van der Waals surface area contributed by atoms with Crippen molar-refractivity contribution < 1.29 is 13.2 Å². The Labute approximate surface area is 134 Å². The monoisotopic (exact) mass is 316 g/mol. The highest BCUT2D eigenvalue weighted by molar-refractivity contribution is 5.45. The van der Waals surface area contributed by atoms with Gasteiger partial charge in [-0.3, -0.25) is 0 Å². The summed E-state index contributed by atoms with van der Waals surface area (Å²) in [4.78, 5) is 0. The molecule has 2 atom stereocenters. The number of benzene rings is 2. The van der Waals surface area contributed by atoms with Gasteiger partial charge in [-0.2, -0.15) is 0 Å². The van der Waals surface area contributed by atoms with Gasteiger partial charge in [0.25, 0.3) is 0 Å². The Balaban J connectivity index is 1.59. The van der Waals surface area contributed by atoms with Crippen molar-refractivity contribution in [2.45, 2.75) is 51.4 Å². The second-order valence-electron chi connectivity index (χ2n) is 7.07. The number of hydrogen-bond donors (Lipinski definition) is 0. The maximum absolute atomic E-state index is 14.5. The Kier molecular flexibility index (Phi) is 3.29. The fourth-order valence-electron chi connectivity index (χ4n) is 4.07. The van der Waals surface area contributed by atoms with E-state index in [0.717, 1.165) is 23.1 Å². The minimum Gasteiger partial charge on any atom is -0.207 e. The SMILES string of the molecule is Cc1cc(F)c2c(c1)C(C[C@@H](C)c1cc(F)c3c(c1F)CC3)C2. The highest BCUT2D eigenvalue weighted by Gasteiger charge is 2.33. The van der Waals surface area contributed by atoms with Gasteiger partial charge in [0.15, 0.2) is 0 Å². The first kappa shape index (κ1) is 14.8. The molecule has 0 spiro atoms. The van der Waals surface area contributed by atoms with Crippen molar-refractivity contribution in [2.24, 2.45) is 0 Å². The normalized spacial score (nSPS) is 19.4. The molecule has 0 aliphatic heterocycles. The Hall–Kier alpha value is -1.77. The second-order valence-corrected chi connectivity index (χ2v) is 7.07. The molecule has 2 aliphatic carbocycles. The van der Waals surface area contributed by atoms with Crippen LogP contribution in [0, 0.1) is 24.4 Å². The summed E-state index contributed by atoms with van der Waals surface area (Å²) in [5.74, 6) is -0.470. The summed E-state index contributed by atoms with van der Waals surface area (Å²) in [6.07, 6.45) is 2.70. The van der Waals surface area contributed by atoms with Crippen LogP contribution in [0.4, 0.5) is 13.2 Å². The van der Waals surface area contributed by atoms with Gasteiger partial charge in [0.05, 0.1) is 0 Å². The summed E-state index contributed by atoms with van der Waals surface area (Å²) in [7, 11) is 0. The van der Waals surface area contributed by atoms with Crippen LogP contribution in [-0.4, -0.2) is 0 Å². The van der Waals surface area contributed by atoms with Crippen molar-refractivity contribution in [1.82, 2.24) is 0 Å². The second kappa shape index (κ2) is 5.12. The summed E-state index contributed by atoms with van der Waals surface area (Å²) in [5, 5.41) is 0. The quantitative estimate of drug-likeness (QED) is 0.716. The molecular weight excluding hydrogens is 297 g/mol. The molecule has 0 amide bonds. The van der Waals surface area contributed by atoms with Crippen LogP contribution in [0.15, 0.2) is 18.2 Å². The zero-order valence-electron chi connectivity index (χ0n) is 13.3. The van der Waals surface area contributed by atoms with Crippen LogP contribution in [0.5, 0.6) is 0 Å². The van der Waals surface area contributed by atoms with Gasteiger partial charge in [0, 0.05) is 0 Å².